The first-order valence-corrected chi connectivity index (χ1v) is 7.95. The highest BCUT2D eigenvalue weighted by Gasteiger charge is 2.30. The fraction of sp³-hybridized carbons (Fsp3) is 0.588. The van der Waals surface area contributed by atoms with Crippen molar-refractivity contribution in [2.24, 2.45) is 0 Å². The first kappa shape index (κ1) is 18.7. The Morgan fingerprint density at radius 3 is 2.88 bits per heavy atom. The fourth-order valence-electron chi connectivity index (χ4n) is 2.55. The van der Waals surface area contributed by atoms with Crippen LogP contribution in [-0.2, 0) is 27.0 Å². The van der Waals surface area contributed by atoms with Gasteiger partial charge in [0.2, 0.25) is 5.91 Å². The Bertz CT molecular complexity index is 542. The lowest BCUT2D eigenvalue weighted by Crippen LogP contribution is -2.27. The summed E-state index contributed by atoms with van der Waals surface area (Å²) in [7, 11) is 1.57. The minimum atomic E-state index is -4.38. The van der Waals surface area contributed by atoms with Crippen LogP contribution in [0.15, 0.2) is 24.3 Å². The van der Waals surface area contributed by atoms with E-state index in [0.29, 0.717) is 12.2 Å². The zero-order valence-electron chi connectivity index (χ0n) is 13.6. The van der Waals surface area contributed by atoms with Gasteiger partial charge in [-0.05, 0) is 30.5 Å². The molecule has 2 rings (SSSR count). The summed E-state index contributed by atoms with van der Waals surface area (Å²) >= 11 is 0. The van der Waals surface area contributed by atoms with Gasteiger partial charge in [-0.15, -0.1) is 0 Å². The molecule has 1 unspecified atom stereocenters. The van der Waals surface area contributed by atoms with Crippen LogP contribution in [0.4, 0.5) is 13.2 Å². The summed E-state index contributed by atoms with van der Waals surface area (Å²) in [4.78, 5) is 13.4. The van der Waals surface area contributed by atoms with Gasteiger partial charge in [0.15, 0.2) is 0 Å². The normalized spacial score (nSPS) is 17.9. The molecule has 0 spiro atoms. The van der Waals surface area contributed by atoms with Crippen LogP contribution in [0.1, 0.15) is 30.4 Å². The number of carbonyl (C=O) groups excluding carboxylic acids is 1. The van der Waals surface area contributed by atoms with E-state index in [1.807, 2.05) is 0 Å². The van der Waals surface area contributed by atoms with E-state index in [1.54, 1.807) is 13.1 Å². The van der Waals surface area contributed by atoms with Gasteiger partial charge in [0.1, 0.15) is 0 Å². The molecule has 0 aliphatic carbocycles. The number of rotatable bonds is 7. The maximum atomic E-state index is 12.7. The second-order valence-corrected chi connectivity index (χ2v) is 5.91. The third kappa shape index (κ3) is 5.79. The predicted molar refractivity (Wildman–Crippen MR) is 82.3 cm³/mol. The first-order valence-electron chi connectivity index (χ1n) is 7.95. The van der Waals surface area contributed by atoms with E-state index in [0.717, 1.165) is 31.6 Å². The SMILES string of the molecule is CN(Cc1cccc(C(F)(F)F)c1)C(=O)CCOCC1CCCO1. The van der Waals surface area contributed by atoms with Crippen LogP contribution in [0.3, 0.4) is 0 Å². The van der Waals surface area contributed by atoms with E-state index in [-0.39, 0.29) is 31.6 Å². The van der Waals surface area contributed by atoms with Gasteiger partial charge >= 0.3 is 6.18 Å². The Labute approximate surface area is 139 Å². The van der Waals surface area contributed by atoms with Gasteiger partial charge in [-0.1, -0.05) is 12.1 Å². The summed E-state index contributed by atoms with van der Waals surface area (Å²) in [5.74, 6) is -0.167. The van der Waals surface area contributed by atoms with Crippen LogP contribution in [0.25, 0.3) is 0 Å². The molecule has 1 aromatic rings. The van der Waals surface area contributed by atoms with Gasteiger partial charge < -0.3 is 14.4 Å². The number of ether oxygens (including phenoxy) is 2. The number of hydrogen-bond acceptors (Lipinski definition) is 3. The minimum absolute atomic E-state index is 0.114. The topological polar surface area (TPSA) is 38.8 Å². The van der Waals surface area contributed by atoms with Crippen molar-refractivity contribution >= 4 is 5.91 Å². The summed E-state index contributed by atoms with van der Waals surface area (Å²) in [6, 6.07) is 5.01. The van der Waals surface area contributed by atoms with Crippen LogP contribution >= 0.6 is 0 Å². The number of halogens is 3. The molecule has 0 radical (unpaired) electrons. The molecule has 1 atom stereocenters. The molecule has 1 aliphatic heterocycles. The van der Waals surface area contributed by atoms with Crippen molar-refractivity contribution in [3.05, 3.63) is 35.4 Å². The van der Waals surface area contributed by atoms with E-state index in [4.69, 9.17) is 9.47 Å². The number of alkyl halides is 3. The maximum Gasteiger partial charge on any atom is 0.416 e. The highest BCUT2D eigenvalue weighted by atomic mass is 19.4. The third-order valence-electron chi connectivity index (χ3n) is 3.89. The predicted octanol–water partition coefficient (Wildman–Crippen LogP) is 3.25. The molecule has 7 heteroatoms. The lowest BCUT2D eigenvalue weighted by molar-refractivity contribution is -0.137. The molecule has 0 N–H and O–H groups in total. The summed E-state index contributed by atoms with van der Waals surface area (Å²) in [6.07, 6.45) is -2.06. The van der Waals surface area contributed by atoms with Crippen molar-refractivity contribution in [1.82, 2.24) is 4.90 Å². The lowest BCUT2D eigenvalue weighted by atomic mass is 10.1. The monoisotopic (exact) mass is 345 g/mol. The molecule has 1 saturated heterocycles. The first-order chi connectivity index (χ1) is 11.4. The number of nitrogens with zero attached hydrogens (tertiary/aromatic N) is 1. The second kappa shape index (κ2) is 8.48. The van der Waals surface area contributed by atoms with Crippen molar-refractivity contribution in [1.29, 1.82) is 0 Å². The molecule has 1 heterocycles. The maximum absolute atomic E-state index is 12.7. The molecule has 1 fully saturated rings. The molecular formula is C17H22F3NO3. The van der Waals surface area contributed by atoms with Gasteiger partial charge in [0, 0.05) is 20.2 Å². The van der Waals surface area contributed by atoms with Crippen molar-refractivity contribution < 1.29 is 27.4 Å². The van der Waals surface area contributed by atoms with E-state index < -0.39 is 11.7 Å². The van der Waals surface area contributed by atoms with Gasteiger partial charge in [0.05, 0.1) is 31.3 Å². The summed E-state index contributed by atoms with van der Waals surface area (Å²) in [5.41, 5.74) is -0.262. The summed E-state index contributed by atoms with van der Waals surface area (Å²) in [5, 5.41) is 0. The number of carbonyl (C=O) groups is 1. The van der Waals surface area contributed by atoms with E-state index in [1.165, 1.54) is 11.0 Å². The zero-order valence-corrected chi connectivity index (χ0v) is 13.6. The van der Waals surface area contributed by atoms with Crippen molar-refractivity contribution in [3.63, 3.8) is 0 Å². The summed E-state index contributed by atoms with van der Waals surface area (Å²) in [6.45, 7) is 1.65. The van der Waals surface area contributed by atoms with Gasteiger partial charge in [-0.3, -0.25) is 4.79 Å². The molecule has 1 aliphatic rings. The fourth-order valence-corrected chi connectivity index (χ4v) is 2.55. The largest absolute Gasteiger partial charge is 0.416 e. The molecule has 4 nitrogen and oxygen atoms in total. The molecule has 0 aromatic heterocycles. The molecular weight excluding hydrogens is 323 g/mol. The van der Waals surface area contributed by atoms with Crippen LogP contribution in [-0.4, -0.2) is 43.8 Å². The van der Waals surface area contributed by atoms with Gasteiger partial charge in [0.25, 0.3) is 0 Å². The number of hydrogen-bond donors (Lipinski definition) is 0. The van der Waals surface area contributed by atoms with Gasteiger partial charge in [-0.2, -0.15) is 13.2 Å². The smallest absolute Gasteiger partial charge is 0.378 e. The van der Waals surface area contributed by atoms with E-state index in [2.05, 4.69) is 0 Å². The molecule has 1 amide bonds. The number of benzene rings is 1. The molecule has 0 bridgehead atoms. The quantitative estimate of drug-likeness (QED) is 0.712. The summed E-state index contributed by atoms with van der Waals surface area (Å²) < 4.78 is 48.9. The molecule has 0 saturated carbocycles. The Hall–Kier alpha value is -1.60. The van der Waals surface area contributed by atoms with Crippen molar-refractivity contribution in [2.45, 2.75) is 38.1 Å². The second-order valence-electron chi connectivity index (χ2n) is 5.91. The van der Waals surface area contributed by atoms with Crippen molar-refractivity contribution in [3.8, 4) is 0 Å². The highest BCUT2D eigenvalue weighted by molar-refractivity contribution is 5.75. The third-order valence-corrected chi connectivity index (χ3v) is 3.89. The van der Waals surface area contributed by atoms with Crippen molar-refractivity contribution in [2.75, 3.05) is 26.9 Å². The van der Waals surface area contributed by atoms with Crippen LogP contribution in [0.5, 0.6) is 0 Å². The van der Waals surface area contributed by atoms with Crippen LogP contribution in [0.2, 0.25) is 0 Å². The standard InChI is InChI=1S/C17H22F3NO3/c1-21(11-13-4-2-5-14(10-13)17(18,19)20)16(22)7-9-23-12-15-6-3-8-24-15/h2,4-5,10,15H,3,6-9,11-12H2,1H3. The highest BCUT2D eigenvalue weighted by Crippen LogP contribution is 2.29. The Balaban J connectivity index is 1.74. The molecule has 134 valence electrons. The lowest BCUT2D eigenvalue weighted by Gasteiger charge is -2.18. The zero-order chi connectivity index (χ0) is 17.6. The molecule has 24 heavy (non-hydrogen) atoms. The Kier molecular flexibility index (Phi) is 6.62. The Morgan fingerprint density at radius 2 is 2.21 bits per heavy atom. The van der Waals surface area contributed by atoms with Gasteiger partial charge in [-0.25, -0.2) is 0 Å². The average Bonchev–Trinajstić information content (AvgIpc) is 3.04. The average molecular weight is 345 g/mol. The van der Waals surface area contributed by atoms with Crippen LogP contribution in [0, 0.1) is 0 Å². The minimum Gasteiger partial charge on any atom is -0.378 e. The Morgan fingerprint density at radius 1 is 1.42 bits per heavy atom. The molecule has 1 aromatic carbocycles. The van der Waals surface area contributed by atoms with E-state index in [9.17, 15) is 18.0 Å². The van der Waals surface area contributed by atoms with E-state index >= 15 is 0 Å². The van der Waals surface area contributed by atoms with Crippen LogP contribution < -0.4 is 0 Å². The number of amides is 1.